The second kappa shape index (κ2) is 6.06. The Morgan fingerprint density at radius 3 is 2.36 bits per heavy atom. The van der Waals surface area contributed by atoms with E-state index in [4.69, 9.17) is 0 Å². The molecule has 0 saturated heterocycles. The summed E-state index contributed by atoms with van der Waals surface area (Å²) in [6, 6.07) is 0. The maximum absolute atomic E-state index is 9.76. The van der Waals surface area contributed by atoms with E-state index in [0.717, 1.165) is 6.42 Å². The van der Waals surface area contributed by atoms with Gasteiger partial charge in [0, 0.05) is 5.92 Å². The minimum atomic E-state index is -0.906. The van der Waals surface area contributed by atoms with Crippen LogP contribution in [0, 0.1) is 17.8 Å². The van der Waals surface area contributed by atoms with Crippen LogP contribution in [0.2, 0.25) is 0 Å². The zero-order chi connectivity index (χ0) is 11.2. The van der Waals surface area contributed by atoms with Gasteiger partial charge in [-0.25, -0.2) is 0 Å². The lowest BCUT2D eigenvalue weighted by Crippen LogP contribution is -2.22. The average molecular weight is 198 g/mol. The lowest BCUT2D eigenvalue weighted by molar-refractivity contribution is 0.110. The minimum Gasteiger partial charge on any atom is -0.392 e. The van der Waals surface area contributed by atoms with Gasteiger partial charge < -0.3 is 10.2 Å². The SMILES string of the molecule is CCCC(C)(O)C#CC(C)C(O)CC. The third-order valence-electron chi connectivity index (χ3n) is 2.30. The summed E-state index contributed by atoms with van der Waals surface area (Å²) >= 11 is 0. The van der Waals surface area contributed by atoms with Crippen LogP contribution in [0.4, 0.5) is 0 Å². The quantitative estimate of drug-likeness (QED) is 0.678. The van der Waals surface area contributed by atoms with E-state index in [1.165, 1.54) is 0 Å². The van der Waals surface area contributed by atoms with Gasteiger partial charge in [0.2, 0.25) is 0 Å². The summed E-state index contributed by atoms with van der Waals surface area (Å²) < 4.78 is 0. The van der Waals surface area contributed by atoms with Crippen LogP contribution < -0.4 is 0 Å². The van der Waals surface area contributed by atoms with E-state index in [2.05, 4.69) is 11.8 Å². The fourth-order valence-corrected chi connectivity index (χ4v) is 1.27. The predicted octanol–water partition coefficient (Wildman–Crippen LogP) is 1.95. The van der Waals surface area contributed by atoms with Gasteiger partial charge in [-0.15, -0.1) is 0 Å². The number of aliphatic hydroxyl groups is 2. The van der Waals surface area contributed by atoms with Crippen LogP contribution in [0.1, 0.15) is 47.0 Å². The molecule has 0 rings (SSSR count). The first-order valence-corrected chi connectivity index (χ1v) is 5.36. The number of rotatable bonds is 4. The Hall–Kier alpha value is -0.520. The van der Waals surface area contributed by atoms with Crippen molar-refractivity contribution in [2.24, 2.45) is 5.92 Å². The summed E-state index contributed by atoms with van der Waals surface area (Å²) in [5, 5.41) is 19.2. The summed E-state index contributed by atoms with van der Waals surface area (Å²) in [6.07, 6.45) is 1.90. The van der Waals surface area contributed by atoms with Crippen LogP contribution in [-0.4, -0.2) is 21.9 Å². The van der Waals surface area contributed by atoms with E-state index < -0.39 is 5.60 Å². The van der Waals surface area contributed by atoms with E-state index >= 15 is 0 Å². The van der Waals surface area contributed by atoms with Gasteiger partial charge in [-0.1, -0.05) is 32.1 Å². The molecule has 0 fully saturated rings. The summed E-state index contributed by atoms with van der Waals surface area (Å²) in [4.78, 5) is 0. The average Bonchev–Trinajstić information content (AvgIpc) is 2.13. The molecule has 0 radical (unpaired) electrons. The molecule has 2 N–H and O–H groups in total. The van der Waals surface area contributed by atoms with Crippen LogP contribution in [0.3, 0.4) is 0 Å². The van der Waals surface area contributed by atoms with Crippen molar-refractivity contribution < 1.29 is 10.2 Å². The number of aliphatic hydroxyl groups excluding tert-OH is 1. The monoisotopic (exact) mass is 198 g/mol. The molecule has 0 aromatic carbocycles. The largest absolute Gasteiger partial charge is 0.392 e. The highest BCUT2D eigenvalue weighted by Crippen LogP contribution is 2.11. The molecule has 0 heterocycles. The minimum absolute atomic E-state index is 0.0664. The van der Waals surface area contributed by atoms with Gasteiger partial charge in [0.25, 0.3) is 0 Å². The third-order valence-corrected chi connectivity index (χ3v) is 2.30. The van der Waals surface area contributed by atoms with Gasteiger partial charge in [-0.3, -0.25) is 0 Å². The van der Waals surface area contributed by atoms with E-state index in [1.807, 2.05) is 20.8 Å². The second-order valence-corrected chi connectivity index (χ2v) is 4.06. The molecule has 0 aromatic heterocycles. The number of hydrogen-bond acceptors (Lipinski definition) is 2. The van der Waals surface area contributed by atoms with Gasteiger partial charge in [-0.05, 0) is 26.7 Å². The fraction of sp³-hybridized carbons (Fsp3) is 0.833. The summed E-state index contributed by atoms with van der Waals surface area (Å²) in [5.41, 5.74) is -0.906. The van der Waals surface area contributed by atoms with Crippen molar-refractivity contribution in [2.75, 3.05) is 0 Å². The molecule has 0 aliphatic rings. The lowest BCUT2D eigenvalue weighted by Gasteiger charge is -2.16. The van der Waals surface area contributed by atoms with Crippen molar-refractivity contribution in [2.45, 2.75) is 58.7 Å². The van der Waals surface area contributed by atoms with Crippen molar-refractivity contribution >= 4 is 0 Å². The van der Waals surface area contributed by atoms with E-state index in [0.29, 0.717) is 12.8 Å². The Bertz CT molecular complexity index is 210. The van der Waals surface area contributed by atoms with Gasteiger partial charge >= 0.3 is 0 Å². The standard InChI is InChI=1S/C12H22O2/c1-5-8-12(4,14)9-7-10(3)11(13)6-2/h10-11,13-14H,5-6,8H2,1-4H3. The van der Waals surface area contributed by atoms with Gasteiger partial charge in [0.15, 0.2) is 0 Å². The molecule has 82 valence electrons. The number of hydrogen-bond donors (Lipinski definition) is 2. The zero-order valence-corrected chi connectivity index (χ0v) is 9.67. The summed E-state index contributed by atoms with van der Waals surface area (Å²) in [6.45, 7) is 7.53. The fourth-order valence-electron chi connectivity index (χ4n) is 1.27. The molecule has 14 heavy (non-hydrogen) atoms. The second-order valence-electron chi connectivity index (χ2n) is 4.06. The maximum atomic E-state index is 9.76. The Morgan fingerprint density at radius 2 is 1.93 bits per heavy atom. The Morgan fingerprint density at radius 1 is 1.36 bits per heavy atom. The molecule has 0 spiro atoms. The molecule has 0 saturated carbocycles. The topological polar surface area (TPSA) is 40.5 Å². The van der Waals surface area contributed by atoms with Crippen molar-refractivity contribution in [3.8, 4) is 11.8 Å². The van der Waals surface area contributed by atoms with E-state index in [1.54, 1.807) is 6.92 Å². The Balaban J connectivity index is 4.26. The molecule has 3 atom stereocenters. The van der Waals surface area contributed by atoms with E-state index in [9.17, 15) is 10.2 Å². The van der Waals surface area contributed by atoms with Crippen molar-refractivity contribution in [1.82, 2.24) is 0 Å². The summed E-state index contributed by atoms with van der Waals surface area (Å²) in [5.74, 6) is 5.66. The van der Waals surface area contributed by atoms with Crippen LogP contribution >= 0.6 is 0 Å². The highest BCUT2D eigenvalue weighted by molar-refractivity contribution is 5.14. The van der Waals surface area contributed by atoms with Crippen LogP contribution in [0.25, 0.3) is 0 Å². The predicted molar refractivity (Wildman–Crippen MR) is 58.8 cm³/mol. The van der Waals surface area contributed by atoms with Crippen molar-refractivity contribution in [3.05, 3.63) is 0 Å². The van der Waals surface area contributed by atoms with Gasteiger partial charge in [-0.2, -0.15) is 0 Å². The smallest absolute Gasteiger partial charge is 0.122 e. The van der Waals surface area contributed by atoms with Crippen LogP contribution in [0.15, 0.2) is 0 Å². The molecule has 0 bridgehead atoms. The molecule has 2 heteroatoms. The van der Waals surface area contributed by atoms with E-state index in [-0.39, 0.29) is 12.0 Å². The molecule has 2 nitrogen and oxygen atoms in total. The zero-order valence-electron chi connectivity index (χ0n) is 9.67. The van der Waals surface area contributed by atoms with Crippen molar-refractivity contribution in [1.29, 1.82) is 0 Å². The molecule has 3 unspecified atom stereocenters. The van der Waals surface area contributed by atoms with Crippen LogP contribution in [0.5, 0.6) is 0 Å². The van der Waals surface area contributed by atoms with Crippen LogP contribution in [-0.2, 0) is 0 Å². The molecule has 0 aliphatic heterocycles. The first kappa shape index (κ1) is 13.5. The Kier molecular flexibility index (Phi) is 5.83. The molecule has 0 amide bonds. The first-order valence-electron chi connectivity index (χ1n) is 5.36. The first-order chi connectivity index (χ1) is 6.43. The van der Waals surface area contributed by atoms with Crippen molar-refractivity contribution in [3.63, 3.8) is 0 Å². The highest BCUT2D eigenvalue weighted by atomic mass is 16.3. The lowest BCUT2D eigenvalue weighted by atomic mass is 9.98. The Labute approximate surface area is 87.3 Å². The highest BCUT2D eigenvalue weighted by Gasteiger charge is 2.16. The molecular formula is C12H22O2. The summed E-state index contributed by atoms with van der Waals surface area (Å²) in [7, 11) is 0. The normalized spacial score (nSPS) is 19.0. The molecular weight excluding hydrogens is 176 g/mol. The molecule has 0 aliphatic carbocycles. The van der Waals surface area contributed by atoms with Gasteiger partial charge in [0.05, 0.1) is 6.10 Å². The van der Waals surface area contributed by atoms with Gasteiger partial charge in [0.1, 0.15) is 5.60 Å². The third kappa shape index (κ3) is 5.26. The molecule has 0 aromatic rings. The maximum Gasteiger partial charge on any atom is 0.122 e.